The molecule has 1 atom stereocenters. The number of ether oxygens (including phenoxy) is 1. The fraction of sp³-hybridized carbons (Fsp3) is 0.478. The second kappa shape index (κ2) is 8.51. The fourth-order valence-electron chi connectivity index (χ4n) is 4.39. The number of ketones is 1. The third-order valence-corrected chi connectivity index (χ3v) is 7.07. The van der Waals surface area contributed by atoms with Crippen molar-refractivity contribution in [3.8, 4) is 0 Å². The van der Waals surface area contributed by atoms with Crippen molar-refractivity contribution in [2.24, 2.45) is 0 Å². The van der Waals surface area contributed by atoms with Gasteiger partial charge in [-0.1, -0.05) is 41.7 Å². The first-order chi connectivity index (χ1) is 15.2. The molecule has 5 rings (SSSR count). The number of benzene rings is 1. The van der Waals surface area contributed by atoms with Crippen LogP contribution in [-0.4, -0.2) is 40.0 Å². The SMILES string of the molecule is COCc1nc2sc(N3CCC[C@@H]3C(=O)CCc3ccccc3)nc2c(=O)n1C1CC1. The Labute approximate surface area is 184 Å². The van der Waals surface area contributed by atoms with E-state index >= 15 is 0 Å². The van der Waals surface area contributed by atoms with Gasteiger partial charge in [0, 0.05) is 26.1 Å². The number of Topliss-reactive ketones (excluding diaryl/α,β-unsaturated/α-hetero) is 1. The number of fused-ring (bicyclic) bond motifs is 1. The van der Waals surface area contributed by atoms with E-state index in [4.69, 9.17) is 9.72 Å². The van der Waals surface area contributed by atoms with E-state index < -0.39 is 0 Å². The number of hydrogen-bond acceptors (Lipinski definition) is 7. The van der Waals surface area contributed by atoms with Crippen LogP contribution in [0.3, 0.4) is 0 Å². The summed E-state index contributed by atoms with van der Waals surface area (Å²) < 4.78 is 7.03. The minimum absolute atomic E-state index is 0.0896. The number of aromatic nitrogens is 3. The lowest BCUT2D eigenvalue weighted by atomic mass is 10.0. The van der Waals surface area contributed by atoms with E-state index in [0.29, 0.717) is 29.2 Å². The van der Waals surface area contributed by atoms with E-state index in [1.165, 1.54) is 16.9 Å². The molecule has 0 bridgehead atoms. The summed E-state index contributed by atoms with van der Waals surface area (Å²) in [5.41, 5.74) is 1.50. The molecule has 0 N–H and O–H groups in total. The molecule has 3 heterocycles. The van der Waals surface area contributed by atoms with Gasteiger partial charge in [-0.3, -0.25) is 14.2 Å². The Balaban J connectivity index is 1.40. The maximum atomic E-state index is 13.1. The molecular formula is C23H26N4O3S. The van der Waals surface area contributed by atoms with Crippen molar-refractivity contribution in [3.05, 3.63) is 52.1 Å². The quantitative estimate of drug-likeness (QED) is 0.536. The number of methoxy groups -OCH3 is 1. The zero-order valence-corrected chi connectivity index (χ0v) is 18.4. The largest absolute Gasteiger partial charge is 0.377 e. The first kappa shape index (κ1) is 20.3. The Morgan fingerprint density at radius 2 is 2.00 bits per heavy atom. The number of hydrogen-bond donors (Lipinski definition) is 0. The average Bonchev–Trinajstić information content (AvgIpc) is 3.32. The summed E-state index contributed by atoms with van der Waals surface area (Å²) in [6.45, 7) is 1.09. The molecule has 31 heavy (non-hydrogen) atoms. The lowest BCUT2D eigenvalue weighted by Gasteiger charge is -2.22. The molecule has 1 aliphatic heterocycles. The van der Waals surface area contributed by atoms with Crippen molar-refractivity contribution >= 4 is 32.6 Å². The van der Waals surface area contributed by atoms with Crippen LogP contribution < -0.4 is 10.5 Å². The molecule has 0 amide bonds. The van der Waals surface area contributed by atoms with Crippen LogP contribution >= 0.6 is 11.3 Å². The Bertz CT molecular complexity index is 1150. The molecule has 0 radical (unpaired) electrons. The van der Waals surface area contributed by atoms with E-state index in [0.717, 1.165) is 43.8 Å². The summed E-state index contributed by atoms with van der Waals surface area (Å²) in [5, 5.41) is 0.729. The smallest absolute Gasteiger partial charge is 0.281 e. The van der Waals surface area contributed by atoms with Gasteiger partial charge in [0.25, 0.3) is 5.56 Å². The summed E-state index contributed by atoms with van der Waals surface area (Å²) in [4.78, 5) is 38.2. The highest BCUT2D eigenvalue weighted by Gasteiger charge is 2.34. The summed E-state index contributed by atoms with van der Waals surface area (Å²) in [6.07, 6.45) is 5.03. The van der Waals surface area contributed by atoms with Gasteiger partial charge in [-0.25, -0.2) is 9.97 Å². The molecule has 1 saturated heterocycles. The normalized spacial score (nSPS) is 18.7. The average molecular weight is 439 g/mol. The van der Waals surface area contributed by atoms with Crippen LogP contribution in [0, 0.1) is 0 Å². The van der Waals surface area contributed by atoms with E-state index in [2.05, 4.69) is 22.0 Å². The first-order valence-electron chi connectivity index (χ1n) is 10.9. The maximum Gasteiger partial charge on any atom is 0.281 e. The van der Waals surface area contributed by atoms with Gasteiger partial charge in [-0.2, -0.15) is 0 Å². The van der Waals surface area contributed by atoms with Crippen molar-refractivity contribution in [3.63, 3.8) is 0 Å². The van der Waals surface area contributed by atoms with Crippen LogP contribution in [0.5, 0.6) is 0 Å². The van der Waals surface area contributed by atoms with Crippen molar-refractivity contribution in [1.29, 1.82) is 0 Å². The molecule has 3 aromatic rings. The van der Waals surface area contributed by atoms with Gasteiger partial charge >= 0.3 is 0 Å². The van der Waals surface area contributed by atoms with E-state index in [1.54, 1.807) is 11.7 Å². The third kappa shape index (κ3) is 4.02. The number of carbonyl (C=O) groups excluding carboxylic acids is 1. The molecule has 8 heteroatoms. The number of nitrogens with zero attached hydrogens (tertiary/aromatic N) is 4. The highest BCUT2D eigenvalue weighted by atomic mass is 32.1. The summed E-state index contributed by atoms with van der Waals surface area (Å²) >= 11 is 1.41. The Kier molecular flexibility index (Phi) is 5.58. The number of carbonyl (C=O) groups is 1. The van der Waals surface area contributed by atoms with Crippen LogP contribution in [0.25, 0.3) is 10.3 Å². The lowest BCUT2D eigenvalue weighted by Crippen LogP contribution is -2.36. The first-order valence-corrected chi connectivity index (χ1v) is 11.7. The van der Waals surface area contributed by atoms with Gasteiger partial charge in [0.1, 0.15) is 12.4 Å². The fourth-order valence-corrected chi connectivity index (χ4v) is 5.42. The van der Waals surface area contributed by atoms with Gasteiger partial charge in [0.05, 0.1) is 6.04 Å². The topological polar surface area (TPSA) is 77.3 Å². The van der Waals surface area contributed by atoms with Crippen molar-refractivity contribution in [2.75, 3.05) is 18.6 Å². The molecule has 2 aromatic heterocycles. The van der Waals surface area contributed by atoms with Gasteiger partial charge in [0.15, 0.2) is 21.3 Å². The summed E-state index contributed by atoms with van der Waals surface area (Å²) in [6, 6.07) is 10.1. The predicted octanol–water partition coefficient (Wildman–Crippen LogP) is 3.51. The maximum absolute atomic E-state index is 13.1. The number of thiazole rings is 1. The number of rotatable bonds is 8. The van der Waals surface area contributed by atoms with Crippen LogP contribution in [0.4, 0.5) is 5.13 Å². The Morgan fingerprint density at radius 3 is 2.74 bits per heavy atom. The van der Waals surface area contributed by atoms with E-state index in [9.17, 15) is 9.59 Å². The minimum atomic E-state index is -0.173. The molecule has 162 valence electrons. The van der Waals surface area contributed by atoms with E-state index in [-0.39, 0.29) is 23.4 Å². The van der Waals surface area contributed by atoms with E-state index in [1.807, 2.05) is 18.2 Å². The standard InChI is InChI=1S/C23H26N4O3S/c1-30-14-19-24-21-20(22(29)27(19)16-10-11-16)25-23(31-21)26-13-5-8-17(26)18(28)12-9-15-6-3-2-4-7-15/h2-4,6-7,16-17H,5,8-14H2,1H3/t17-/m1/s1. The molecule has 2 aliphatic rings. The van der Waals surface area contributed by atoms with Gasteiger partial charge < -0.3 is 9.64 Å². The number of aryl methyl sites for hydroxylation is 1. The third-order valence-electron chi connectivity index (χ3n) is 6.09. The Morgan fingerprint density at radius 1 is 1.19 bits per heavy atom. The highest BCUT2D eigenvalue weighted by Crippen LogP contribution is 2.36. The molecule has 0 unspecified atom stereocenters. The molecule has 1 aromatic carbocycles. The zero-order chi connectivity index (χ0) is 21.4. The monoisotopic (exact) mass is 438 g/mol. The summed E-state index contributed by atoms with van der Waals surface area (Å²) in [5.74, 6) is 0.902. The highest BCUT2D eigenvalue weighted by molar-refractivity contribution is 7.21. The van der Waals surface area contributed by atoms with Crippen molar-refractivity contribution in [2.45, 2.75) is 57.2 Å². The molecular weight excluding hydrogens is 412 g/mol. The van der Waals surface area contributed by atoms with Crippen molar-refractivity contribution < 1.29 is 9.53 Å². The number of anilines is 1. The minimum Gasteiger partial charge on any atom is -0.377 e. The zero-order valence-electron chi connectivity index (χ0n) is 17.6. The van der Waals surface area contributed by atoms with Crippen LogP contribution in [0.15, 0.2) is 35.1 Å². The van der Waals surface area contributed by atoms with Crippen LogP contribution in [0.2, 0.25) is 0 Å². The van der Waals surface area contributed by atoms with Crippen LogP contribution in [-0.2, 0) is 22.6 Å². The molecule has 1 aliphatic carbocycles. The van der Waals surface area contributed by atoms with Gasteiger partial charge in [-0.15, -0.1) is 0 Å². The lowest BCUT2D eigenvalue weighted by molar-refractivity contribution is -0.120. The van der Waals surface area contributed by atoms with Gasteiger partial charge in [-0.05, 0) is 37.7 Å². The predicted molar refractivity (Wildman–Crippen MR) is 121 cm³/mol. The molecule has 1 saturated carbocycles. The molecule has 2 fully saturated rings. The van der Waals surface area contributed by atoms with Crippen molar-refractivity contribution in [1.82, 2.24) is 14.5 Å². The summed E-state index contributed by atoms with van der Waals surface area (Å²) in [7, 11) is 1.61. The van der Waals surface area contributed by atoms with Gasteiger partial charge in [0.2, 0.25) is 0 Å². The second-order valence-electron chi connectivity index (χ2n) is 8.32. The molecule has 0 spiro atoms. The Hall–Kier alpha value is -2.58. The van der Waals surface area contributed by atoms with Crippen LogP contribution in [0.1, 0.15) is 49.5 Å². The second-order valence-corrected chi connectivity index (χ2v) is 9.28. The molecule has 7 nitrogen and oxygen atoms in total.